The molecule has 1 N–H and O–H groups in total. The van der Waals surface area contributed by atoms with Crippen LogP contribution in [0.4, 0.5) is 0 Å². The predicted octanol–water partition coefficient (Wildman–Crippen LogP) is -0.310. The Hall–Kier alpha value is -0.160. The van der Waals surface area contributed by atoms with Crippen molar-refractivity contribution in [3.63, 3.8) is 0 Å². The highest BCUT2D eigenvalue weighted by Gasteiger charge is 2.12. The van der Waals surface area contributed by atoms with Gasteiger partial charge in [-0.3, -0.25) is 4.90 Å². The van der Waals surface area contributed by atoms with Crippen LogP contribution < -0.4 is 5.43 Å². The summed E-state index contributed by atoms with van der Waals surface area (Å²) in [5.41, 5.74) is 3.17. The second kappa shape index (κ2) is 4.66. The van der Waals surface area contributed by atoms with E-state index in [-0.39, 0.29) is 0 Å². The molecule has 0 atom stereocenters. The lowest BCUT2D eigenvalue weighted by atomic mass is 10.3. The first-order valence-electron chi connectivity index (χ1n) is 3.99. The maximum Gasteiger partial charge on any atom is 0.109 e. The zero-order valence-corrected chi connectivity index (χ0v) is 7.34. The molecule has 0 unspecified atom stereocenters. The standard InChI is InChI=1S/C7H17N3O/c1-9-4-3-5-10(7-9)8-6-11-2/h8H,3-7H2,1-2H3. The molecule has 1 aliphatic heterocycles. The van der Waals surface area contributed by atoms with Crippen LogP contribution in [0.2, 0.25) is 0 Å². The van der Waals surface area contributed by atoms with Crippen molar-refractivity contribution in [2.75, 3.05) is 40.6 Å². The Labute approximate surface area is 68.1 Å². The van der Waals surface area contributed by atoms with Gasteiger partial charge in [0.2, 0.25) is 0 Å². The van der Waals surface area contributed by atoms with E-state index in [1.54, 1.807) is 7.11 Å². The van der Waals surface area contributed by atoms with Crippen molar-refractivity contribution in [3.05, 3.63) is 0 Å². The van der Waals surface area contributed by atoms with Crippen LogP contribution in [-0.4, -0.2) is 50.6 Å². The van der Waals surface area contributed by atoms with Crippen molar-refractivity contribution in [1.82, 2.24) is 15.3 Å². The van der Waals surface area contributed by atoms with Gasteiger partial charge in [0, 0.05) is 20.2 Å². The molecule has 0 aromatic rings. The van der Waals surface area contributed by atoms with Gasteiger partial charge in [-0.05, 0) is 13.5 Å². The van der Waals surface area contributed by atoms with Crippen molar-refractivity contribution in [1.29, 1.82) is 0 Å². The fraction of sp³-hybridized carbons (Fsp3) is 1.00. The molecule has 1 fully saturated rings. The normalized spacial score (nSPS) is 22.4. The minimum Gasteiger partial charge on any atom is -0.368 e. The third-order valence-electron chi connectivity index (χ3n) is 1.81. The molecular weight excluding hydrogens is 142 g/mol. The molecule has 4 nitrogen and oxygen atoms in total. The number of ether oxygens (including phenoxy) is 1. The molecule has 0 saturated carbocycles. The molecule has 1 saturated heterocycles. The second-order valence-corrected chi connectivity index (χ2v) is 2.93. The van der Waals surface area contributed by atoms with E-state index in [9.17, 15) is 0 Å². The molecule has 1 rings (SSSR count). The van der Waals surface area contributed by atoms with Gasteiger partial charge in [-0.1, -0.05) is 0 Å². The highest BCUT2D eigenvalue weighted by molar-refractivity contribution is 4.60. The molecule has 0 aromatic carbocycles. The van der Waals surface area contributed by atoms with Crippen LogP contribution in [0.3, 0.4) is 0 Å². The predicted molar refractivity (Wildman–Crippen MR) is 43.8 cm³/mol. The first-order chi connectivity index (χ1) is 5.33. The van der Waals surface area contributed by atoms with Crippen LogP contribution in [-0.2, 0) is 4.74 Å². The summed E-state index contributed by atoms with van der Waals surface area (Å²) in [6.07, 6.45) is 1.23. The average Bonchev–Trinajstić information content (AvgIpc) is 2.01. The first-order valence-corrected chi connectivity index (χ1v) is 3.99. The maximum atomic E-state index is 4.91. The van der Waals surface area contributed by atoms with Gasteiger partial charge in [0.25, 0.3) is 0 Å². The van der Waals surface area contributed by atoms with E-state index in [1.807, 2.05) is 0 Å². The lowest BCUT2D eigenvalue weighted by Crippen LogP contribution is -2.50. The van der Waals surface area contributed by atoms with E-state index in [2.05, 4.69) is 22.4 Å². The van der Waals surface area contributed by atoms with Gasteiger partial charge in [-0.15, -0.1) is 0 Å². The Kier molecular flexibility index (Phi) is 3.79. The number of hydrogen-bond acceptors (Lipinski definition) is 4. The molecular formula is C7H17N3O. The highest BCUT2D eigenvalue weighted by Crippen LogP contribution is 1.99. The fourth-order valence-electron chi connectivity index (χ4n) is 1.25. The van der Waals surface area contributed by atoms with Crippen molar-refractivity contribution in [2.45, 2.75) is 6.42 Å². The van der Waals surface area contributed by atoms with Crippen LogP contribution in [0.25, 0.3) is 0 Å². The number of hydrogen-bond donors (Lipinski definition) is 1. The van der Waals surface area contributed by atoms with Gasteiger partial charge in [0.05, 0.1) is 6.67 Å². The minimum absolute atomic E-state index is 0.605. The third kappa shape index (κ3) is 3.16. The van der Waals surface area contributed by atoms with Crippen LogP contribution in [0.15, 0.2) is 0 Å². The molecule has 66 valence electrons. The Morgan fingerprint density at radius 2 is 2.27 bits per heavy atom. The van der Waals surface area contributed by atoms with Gasteiger partial charge < -0.3 is 4.74 Å². The average molecular weight is 159 g/mol. The van der Waals surface area contributed by atoms with Crippen molar-refractivity contribution < 1.29 is 4.74 Å². The van der Waals surface area contributed by atoms with Crippen molar-refractivity contribution in [3.8, 4) is 0 Å². The van der Waals surface area contributed by atoms with E-state index < -0.39 is 0 Å². The van der Waals surface area contributed by atoms with Crippen LogP contribution in [0, 0.1) is 0 Å². The zero-order valence-electron chi connectivity index (χ0n) is 7.34. The summed E-state index contributed by atoms with van der Waals surface area (Å²) < 4.78 is 4.91. The summed E-state index contributed by atoms with van der Waals surface area (Å²) in [6.45, 7) is 3.91. The molecule has 4 heteroatoms. The van der Waals surface area contributed by atoms with Crippen LogP contribution >= 0.6 is 0 Å². The molecule has 0 aromatic heterocycles. The van der Waals surface area contributed by atoms with Crippen LogP contribution in [0.5, 0.6) is 0 Å². The smallest absolute Gasteiger partial charge is 0.109 e. The molecule has 0 radical (unpaired) electrons. The van der Waals surface area contributed by atoms with Crippen molar-refractivity contribution >= 4 is 0 Å². The molecule has 1 heterocycles. The van der Waals surface area contributed by atoms with Gasteiger partial charge in [-0.2, -0.15) is 0 Å². The maximum absolute atomic E-state index is 4.91. The monoisotopic (exact) mass is 159 g/mol. The van der Waals surface area contributed by atoms with Gasteiger partial charge in [-0.25, -0.2) is 10.4 Å². The summed E-state index contributed by atoms with van der Waals surface area (Å²) in [5, 5.41) is 2.17. The lowest BCUT2D eigenvalue weighted by molar-refractivity contribution is 0.0174. The first kappa shape index (κ1) is 8.93. The van der Waals surface area contributed by atoms with E-state index in [1.165, 1.54) is 13.0 Å². The largest absolute Gasteiger partial charge is 0.368 e. The Balaban J connectivity index is 2.12. The zero-order chi connectivity index (χ0) is 8.10. The van der Waals surface area contributed by atoms with Gasteiger partial charge >= 0.3 is 0 Å². The molecule has 11 heavy (non-hydrogen) atoms. The Morgan fingerprint density at radius 1 is 1.45 bits per heavy atom. The number of nitrogens with one attached hydrogen (secondary N) is 1. The number of methoxy groups -OCH3 is 1. The molecule has 0 amide bonds. The van der Waals surface area contributed by atoms with Gasteiger partial charge in [0.15, 0.2) is 0 Å². The molecule has 0 spiro atoms. The van der Waals surface area contributed by atoms with E-state index in [0.717, 1.165) is 13.2 Å². The van der Waals surface area contributed by atoms with Crippen molar-refractivity contribution in [2.24, 2.45) is 0 Å². The Bertz CT molecular complexity index is 110. The summed E-state index contributed by atoms with van der Waals surface area (Å²) in [7, 11) is 3.82. The minimum atomic E-state index is 0.605. The molecule has 1 aliphatic rings. The van der Waals surface area contributed by atoms with E-state index in [4.69, 9.17) is 4.74 Å². The van der Waals surface area contributed by atoms with Gasteiger partial charge in [0.1, 0.15) is 6.73 Å². The number of rotatable bonds is 3. The highest BCUT2D eigenvalue weighted by atomic mass is 16.5. The van der Waals surface area contributed by atoms with Crippen LogP contribution in [0.1, 0.15) is 6.42 Å². The summed E-state index contributed by atoms with van der Waals surface area (Å²) in [4.78, 5) is 2.28. The SMILES string of the molecule is COCNN1CCCN(C)C1. The fourth-order valence-corrected chi connectivity index (χ4v) is 1.25. The summed E-state index contributed by atoms with van der Waals surface area (Å²) in [6, 6.07) is 0. The van der Waals surface area contributed by atoms with E-state index >= 15 is 0 Å². The molecule has 0 aliphatic carbocycles. The summed E-state index contributed by atoms with van der Waals surface area (Å²) in [5.74, 6) is 0. The quantitative estimate of drug-likeness (QED) is 0.572. The third-order valence-corrected chi connectivity index (χ3v) is 1.81. The lowest BCUT2D eigenvalue weighted by Gasteiger charge is -2.32. The summed E-state index contributed by atoms with van der Waals surface area (Å²) >= 11 is 0. The number of hydrazine groups is 1. The number of nitrogens with zero attached hydrogens (tertiary/aromatic N) is 2. The second-order valence-electron chi connectivity index (χ2n) is 2.93. The van der Waals surface area contributed by atoms with E-state index in [0.29, 0.717) is 6.73 Å². The Morgan fingerprint density at radius 3 is 2.91 bits per heavy atom. The topological polar surface area (TPSA) is 27.7 Å². The molecule has 0 bridgehead atoms.